The molecule has 1 aliphatic heterocycles. The van der Waals surface area contributed by atoms with E-state index in [9.17, 15) is 4.79 Å². The van der Waals surface area contributed by atoms with Gasteiger partial charge in [0.05, 0.1) is 6.61 Å². The Morgan fingerprint density at radius 2 is 2.33 bits per heavy atom. The molecule has 1 fully saturated rings. The first-order valence-electron chi connectivity index (χ1n) is 5.98. The van der Waals surface area contributed by atoms with Crippen molar-refractivity contribution in [1.29, 1.82) is 0 Å². The average molecular weight is 269 g/mol. The molecule has 2 rings (SSSR count). The van der Waals surface area contributed by atoms with Crippen LogP contribution in [-0.4, -0.2) is 31.2 Å². The molecule has 0 aliphatic carbocycles. The van der Waals surface area contributed by atoms with Crippen LogP contribution in [0.5, 0.6) is 0 Å². The van der Waals surface area contributed by atoms with Crippen molar-refractivity contribution in [3.63, 3.8) is 0 Å². The minimum atomic E-state index is -0.792. The summed E-state index contributed by atoms with van der Waals surface area (Å²) in [6, 6.07) is 7.46. The highest BCUT2D eigenvalue weighted by Crippen LogP contribution is 2.16. The van der Waals surface area contributed by atoms with Gasteiger partial charge in [-0.05, 0) is 18.6 Å². The molecule has 98 valence electrons. The second-order valence-corrected chi connectivity index (χ2v) is 4.94. The molecule has 1 aromatic rings. The number of morpholine rings is 1. The lowest BCUT2D eigenvalue weighted by Crippen LogP contribution is -2.56. The van der Waals surface area contributed by atoms with Gasteiger partial charge in [-0.15, -0.1) is 0 Å². The second kappa shape index (κ2) is 5.69. The number of hydrogen-bond acceptors (Lipinski definition) is 3. The molecule has 18 heavy (non-hydrogen) atoms. The molecule has 1 aromatic carbocycles. The number of halogens is 1. The minimum absolute atomic E-state index is 0.116. The van der Waals surface area contributed by atoms with Gasteiger partial charge in [0.25, 0.3) is 5.91 Å². The van der Waals surface area contributed by atoms with Gasteiger partial charge in [-0.1, -0.05) is 29.8 Å². The van der Waals surface area contributed by atoms with Gasteiger partial charge >= 0.3 is 0 Å². The number of carbonyl (C=O) groups excluding carboxylic acids is 1. The van der Waals surface area contributed by atoms with Crippen molar-refractivity contribution < 1.29 is 9.53 Å². The van der Waals surface area contributed by atoms with Gasteiger partial charge in [0, 0.05) is 24.7 Å². The standard InChI is InChI=1S/C13H17ClN2O2/c1-13(9-15-6-7-18-13)12(17)16-8-10-4-2-3-5-11(10)14/h2-5,15H,6-9H2,1H3,(H,16,17)/t13-/m0/s1. The summed E-state index contributed by atoms with van der Waals surface area (Å²) in [6.45, 7) is 4.07. The van der Waals surface area contributed by atoms with Crippen molar-refractivity contribution >= 4 is 17.5 Å². The zero-order valence-corrected chi connectivity index (χ0v) is 11.1. The molecule has 0 spiro atoms. The van der Waals surface area contributed by atoms with Crippen molar-refractivity contribution in [3.8, 4) is 0 Å². The fraction of sp³-hybridized carbons (Fsp3) is 0.462. The van der Waals surface area contributed by atoms with Crippen molar-refractivity contribution in [2.45, 2.75) is 19.1 Å². The van der Waals surface area contributed by atoms with E-state index in [1.165, 1.54) is 0 Å². The van der Waals surface area contributed by atoms with Gasteiger partial charge < -0.3 is 15.4 Å². The van der Waals surface area contributed by atoms with E-state index in [2.05, 4.69) is 10.6 Å². The molecule has 5 heteroatoms. The molecule has 0 radical (unpaired) electrons. The average Bonchev–Trinajstić information content (AvgIpc) is 2.38. The van der Waals surface area contributed by atoms with E-state index < -0.39 is 5.60 Å². The summed E-state index contributed by atoms with van der Waals surface area (Å²) in [5.41, 5.74) is 0.111. The lowest BCUT2D eigenvalue weighted by atomic mass is 10.0. The van der Waals surface area contributed by atoms with Gasteiger partial charge in [0.1, 0.15) is 0 Å². The number of rotatable bonds is 3. The predicted molar refractivity (Wildman–Crippen MR) is 70.5 cm³/mol. The van der Waals surface area contributed by atoms with E-state index in [1.807, 2.05) is 24.3 Å². The van der Waals surface area contributed by atoms with Gasteiger partial charge in [-0.3, -0.25) is 4.79 Å². The Kier molecular flexibility index (Phi) is 4.22. The smallest absolute Gasteiger partial charge is 0.253 e. The molecular weight excluding hydrogens is 252 g/mol. The third kappa shape index (κ3) is 3.02. The third-order valence-electron chi connectivity index (χ3n) is 3.04. The number of ether oxygens (including phenoxy) is 1. The first-order chi connectivity index (χ1) is 8.62. The lowest BCUT2D eigenvalue weighted by Gasteiger charge is -2.32. The molecule has 0 saturated carbocycles. The topological polar surface area (TPSA) is 50.4 Å². The molecule has 1 aliphatic rings. The molecule has 1 saturated heterocycles. The van der Waals surface area contributed by atoms with E-state index in [0.29, 0.717) is 24.7 Å². The highest BCUT2D eigenvalue weighted by molar-refractivity contribution is 6.31. The fourth-order valence-corrected chi connectivity index (χ4v) is 2.08. The van der Waals surface area contributed by atoms with Crippen molar-refractivity contribution in [3.05, 3.63) is 34.9 Å². The lowest BCUT2D eigenvalue weighted by molar-refractivity contribution is -0.148. The molecule has 1 heterocycles. The van der Waals surface area contributed by atoms with Crippen molar-refractivity contribution in [1.82, 2.24) is 10.6 Å². The van der Waals surface area contributed by atoms with Gasteiger partial charge in [0.2, 0.25) is 0 Å². The van der Waals surface area contributed by atoms with Gasteiger partial charge in [0.15, 0.2) is 5.60 Å². The fourth-order valence-electron chi connectivity index (χ4n) is 1.88. The highest BCUT2D eigenvalue weighted by Gasteiger charge is 2.35. The Balaban J connectivity index is 1.94. The summed E-state index contributed by atoms with van der Waals surface area (Å²) >= 11 is 6.03. The Morgan fingerprint density at radius 1 is 1.56 bits per heavy atom. The van der Waals surface area contributed by atoms with Crippen molar-refractivity contribution in [2.24, 2.45) is 0 Å². The SMILES string of the molecule is C[C@@]1(C(=O)NCc2ccccc2Cl)CNCCO1. The second-order valence-electron chi connectivity index (χ2n) is 4.53. The largest absolute Gasteiger partial charge is 0.363 e. The molecular formula is C13H17ClN2O2. The molecule has 0 bridgehead atoms. The van der Waals surface area contributed by atoms with E-state index in [4.69, 9.17) is 16.3 Å². The molecule has 1 atom stereocenters. The maximum absolute atomic E-state index is 12.1. The van der Waals surface area contributed by atoms with Crippen molar-refractivity contribution in [2.75, 3.05) is 19.7 Å². The predicted octanol–water partition coefficient (Wildman–Crippen LogP) is 1.33. The van der Waals surface area contributed by atoms with E-state index in [0.717, 1.165) is 12.1 Å². The maximum Gasteiger partial charge on any atom is 0.253 e. The quantitative estimate of drug-likeness (QED) is 0.870. The van der Waals surface area contributed by atoms with E-state index in [-0.39, 0.29) is 5.91 Å². The number of nitrogens with one attached hydrogen (secondary N) is 2. The third-order valence-corrected chi connectivity index (χ3v) is 3.41. The van der Waals surface area contributed by atoms with E-state index in [1.54, 1.807) is 6.92 Å². The van der Waals surface area contributed by atoms with Crippen LogP contribution >= 0.6 is 11.6 Å². The Morgan fingerprint density at radius 3 is 3.00 bits per heavy atom. The van der Waals surface area contributed by atoms with Crippen LogP contribution in [0.15, 0.2) is 24.3 Å². The summed E-state index contributed by atoms with van der Waals surface area (Å²) in [7, 11) is 0. The zero-order valence-electron chi connectivity index (χ0n) is 10.3. The summed E-state index contributed by atoms with van der Waals surface area (Å²) in [4.78, 5) is 12.1. The zero-order chi connectivity index (χ0) is 13.0. The number of amides is 1. The normalized spacial score (nSPS) is 23.7. The Labute approximate surface area is 112 Å². The molecule has 2 N–H and O–H groups in total. The number of hydrogen-bond donors (Lipinski definition) is 2. The summed E-state index contributed by atoms with van der Waals surface area (Å²) in [5, 5.41) is 6.67. The Hall–Kier alpha value is -1.10. The Bertz CT molecular complexity index is 431. The van der Waals surface area contributed by atoms with Crippen LogP contribution < -0.4 is 10.6 Å². The van der Waals surface area contributed by atoms with Gasteiger partial charge in [-0.25, -0.2) is 0 Å². The summed E-state index contributed by atoms with van der Waals surface area (Å²) in [5.74, 6) is -0.116. The molecule has 0 unspecified atom stereocenters. The highest BCUT2D eigenvalue weighted by atomic mass is 35.5. The minimum Gasteiger partial charge on any atom is -0.363 e. The first-order valence-corrected chi connectivity index (χ1v) is 6.36. The molecule has 0 aromatic heterocycles. The first kappa shape index (κ1) is 13.3. The van der Waals surface area contributed by atoms with Crippen LogP contribution in [0.1, 0.15) is 12.5 Å². The van der Waals surface area contributed by atoms with E-state index >= 15 is 0 Å². The molecule has 1 amide bonds. The number of carbonyl (C=O) groups is 1. The monoisotopic (exact) mass is 268 g/mol. The number of benzene rings is 1. The summed E-state index contributed by atoms with van der Waals surface area (Å²) < 4.78 is 5.54. The molecule has 4 nitrogen and oxygen atoms in total. The maximum atomic E-state index is 12.1. The van der Waals surface area contributed by atoms with Crippen LogP contribution in [0.2, 0.25) is 5.02 Å². The van der Waals surface area contributed by atoms with Crippen LogP contribution in [0.4, 0.5) is 0 Å². The van der Waals surface area contributed by atoms with Crippen LogP contribution in [0, 0.1) is 0 Å². The van der Waals surface area contributed by atoms with Gasteiger partial charge in [-0.2, -0.15) is 0 Å². The van der Waals surface area contributed by atoms with Crippen LogP contribution in [-0.2, 0) is 16.1 Å². The van der Waals surface area contributed by atoms with Crippen LogP contribution in [0.25, 0.3) is 0 Å². The van der Waals surface area contributed by atoms with Crippen LogP contribution in [0.3, 0.4) is 0 Å². The summed E-state index contributed by atoms with van der Waals surface area (Å²) in [6.07, 6.45) is 0.